The number of anilines is 2. The van der Waals surface area contributed by atoms with Crippen molar-refractivity contribution in [3.05, 3.63) is 64.0 Å². The summed E-state index contributed by atoms with van der Waals surface area (Å²) in [5, 5.41) is 17.8. The largest absolute Gasteiger partial charge is 0.384 e. The number of rotatable bonds is 6. The Morgan fingerprint density at radius 2 is 1.89 bits per heavy atom. The molecule has 0 unspecified atom stereocenters. The predicted octanol–water partition coefficient (Wildman–Crippen LogP) is 3.60. The van der Waals surface area contributed by atoms with Crippen molar-refractivity contribution in [2.75, 3.05) is 17.2 Å². The monoisotopic (exact) mass is 365 g/mol. The van der Waals surface area contributed by atoms with Crippen LogP contribution in [0.1, 0.15) is 17.8 Å². The zero-order valence-electron chi connectivity index (χ0n) is 15.0. The van der Waals surface area contributed by atoms with Crippen LogP contribution in [0, 0.1) is 24.0 Å². The van der Waals surface area contributed by atoms with Crippen molar-refractivity contribution in [3.8, 4) is 0 Å². The van der Waals surface area contributed by atoms with Crippen molar-refractivity contribution < 1.29 is 9.72 Å². The number of amides is 1. The molecule has 0 saturated carbocycles. The molecular formula is C19H19N5O3. The zero-order valence-corrected chi connectivity index (χ0v) is 15.0. The number of non-ortho nitro benzene ring substituents is 1. The molecular weight excluding hydrogens is 346 g/mol. The Hall–Kier alpha value is -3.55. The van der Waals surface area contributed by atoms with Gasteiger partial charge >= 0.3 is 0 Å². The average molecular weight is 365 g/mol. The summed E-state index contributed by atoms with van der Waals surface area (Å²) in [5.41, 5.74) is 2.49. The highest BCUT2D eigenvalue weighted by Gasteiger charge is 2.15. The topological polar surface area (TPSA) is 110 Å². The molecule has 0 atom stereocenters. The van der Waals surface area contributed by atoms with Gasteiger partial charge in [0.25, 0.3) is 5.69 Å². The fraction of sp³-hybridized carbons (Fsp3) is 0.211. The number of benzene rings is 1. The number of hydrogen-bond acceptors (Lipinski definition) is 6. The normalized spacial score (nSPS) is 10.6. The second-order valence-electron chi connectivity index (χ2n) is 6.13. The van der Waals surface area contributed by atoms with E-state index < -0.39 is 4.92 Å². The van der Waals surface area contributed by atoms with Crippen LogP contribution in [0.5, 0.6) is 0 Å². The molecule has 2 heterocycles. The lowest BCUT2D eigenvalue weighted by molar-refractivity contribution is -0.383. The van der Waals surface area contributed by atoms with E-state index in [9.17, 15) is 14.9 Å². The molecule has 0 radical (unpaired) electrons. The number of pyridine rings is 2. The number of carbonyl (C=O) groups excluding carboxylic acids is 1. The number of nitro groups is 1. The third-order valence-corrected chi connectivity index (χ3v) is 3.97. The fourth-order valence-electron chi connectivity index (χ4n) is 2.78. The summed E-state index contributed by atoms with van der Waals surface area (Å²) >= 11 is 0. The van der Waals surface area contributed by atoms with Crippen molar-refractivity contribution in [1.29, 1.82) is 0 Å². The van der Waals surface area contributed by atoms with Gasteiger partial charge in [0.05, 0.1) is 4.92 Å². The van der Waals surface area contributed by atoms with E-state index in [4.69, 9.17) is 0 Å². The van der Waals surface area contributed by atoms with Crippen LogP contribution in [0.25, 0.3) is 10.9 Å². The summed E-state index contributed by atoms with van der Waals surface area (Å²) in [6.45, 7) is 4.00. The quantitative estimate of drug-likeness (QED) is 0.510. The Balaban J connectivity index is 1.71. The first-order valence-electron chi connectivity index (χ1n) is 8.46. The third-order valence-electron chi connectivity index (χ3n) is 3.97. The van der Waals surface area contributed by atoms with Gasteiger partial charge in [0.15, 0.2) is 5.52 Å². The minimum atomic E-state index is -0.444. The maximum Gasteiger partial charge on any atom is 0.295 e. The smallest absolute Gasteiger partial charge is 0.295 e. The third kappa shape index (κ3) is 4.35. The molecule has 0 fully saturated rings. The molecule has 0 aliphatic rings. The first-order chi connectivity index (χ1) is 12.9. The molecule has 0 aliphatic carbocycles. The summed E-state index contributed by atoms with van der Waals surface area (Å²) in [4.78, 5) is 31.4. The van der Waals surface area contributed by atoms with Crippen LogP contribution in [0.4, 0.5) is 17.2 Å². The number of nitrogens with zero attached hydrogens (tertiary/aromatic N) is 3. The van der Waals surface area contributed by atoms with Gasteiger partial charge in [-0.3, -0.25) is 14.9 Å². The molecule has 138 valence electrons. The molecule has 0 spiro atoms. The van der Waals surface area contributed by atoms with E-state index in [0.717, 1.165) is 5.69 Å². The average Bonchev–Trinajstić information content (AvgIpc) is 2.61. The molecule has 0 aliphatic heterocycles. The second kappa shape index (κ2) is 7.77. The van der Waals surface area contributed by atoms with Gasteiger partial charge < -0.3 is 10.6 Å². The van der Waals surface area contributed by atoms with Crippen molar-refractivity contribution in [1.82, 2.24) is 9.97 Å². The van der Waals surface area contributed by atoms with Gasteiger partial charge in [-0.05, 0) is 32.0 Å². The molecule has 1 amide bonds. The summed E-state index contributed by atoms with van der Waals surface area (Å²) < 4.78 is 0. The van der Waals surface area contributed by atoms with Crippen molar-refractivity contribution in [3.63, 3.8) is 0 Å². The van der Waals surface area contributed by atoms with Gasteiger partial charge in [-0.15, -0.1) is 0 Å². The molecule has 0 saturated heterocycles. The van der Waals surface area contributed by atoms with Gasteiger partial charge in [-0.25, -0.2) is 9.97 Å². The molecule has 3 aromatic rings. The van der Waals surface area contributed by atoms with E-state index >= 15 is 0 Å². The summed E-state index contributed by atoms with van der Waals surface area (Å²) in [6.07, 6.45) is 0.230. The maximum absolute atomic E-state index is 12.1. The minimum absolute atomic E-state index is 0.0393. The fourth-order valence-corrected chi connectivity index (χ4v) is 2.78. The Bertz CT molecular complexity index is 1020. The molecule has 0 bridgehead atoms. The zero-order chi connectivity index (χ0) is 19.4. The van der Waals surface area contributed by atoms with Crippen molar-refractivity contribution >= 4 is 34.0 Å². The lowest BCUT2D eigenvalue weighted by atomic mass is 10.1. The van der Waals surface area contributed by atoms with Gasteiger partial charge in [0, 0.05) is 41.5 Å². The lowest BCUT2D eigenvalue weighted by Crippen LogP contribution is -2.17. The van der Waals surface area contributed by atoms with Crippen LogP contribution in [0.2, 0.25) is 0 Å². The Morgan fingerprint density at radius 1 is 1.11 bits per heavy atom. The first-order valence-corrected chi connectivity index (χ1v) is 8.46. The maximum atomic E-state index is 12.1. The number of nitro benzene ring substituents is 1. The van der Waals surface area contributed by atoms with E-state index in [2.05, 4.69) is 20.6 Å². The van der Waals surface area contributed by atoms with Crippen LogP contribution in [-0.2, 0) is 4.79 Å². The number of nitrogens with one attached hydrogen (secondary N) is 2. The van der Waals surface area contributed by atoms with Gasteiger partial charge in [-0.2, -0.15) is 0 Å². The van der Waals surface area contributed by atoms with Gasteiger partial charge in [0.2, 0.25) is 5.91 Å². The molecule has 8 heteroatoms. The Morgan fingerprint density at radius 3 is 2.63 bits per heavy atom. The van der Waals surface area contributed by atoms with Crippen molar-refractivity contribution in [2.24, 2.45) is 0 Å². The van der Waals surface area contributed by atoms with Gasteiger partial charge in [0.1, 0.15) is 5.82 Å². The van der Waals surface area contributed by atoms with E-state index in [-0.39, 0.29) is 18.0 Å². The molecule has 1 aromatic carbocycles. The molecule has 3 rings (SSSR count). The SMILES string of the molecule is Cc1cccc(NC(=O)CCNc2cc(C)nc3c([N+](=O)[O-])cccc23)n1. The Kier molecular flexibility index (Phi) is 5.25. The molecule has 27 heavy (non-hydrogen) atoms. The van der Waals surface area contributed by atoms with E-state index in [1.807, 2.05) is 25.1 Å². The lowest BCUT2D eigenvalue weighted by Gasteiger charge is -2.11. The van der Waals surface area contributed by atoms with Crippen LogP contribution >= 0.6 is 0 Å². The van der Waals surface area contributed by atoms with E-state index in [0.29, 0.717) is 34.6 Å². The number of aryl methyl sites for hydroxylation is 2. The standard InChI is InChI=1S/C19H19N5O3/c1-12-5-3-8-17(21-12)23-18(25)9-10-20-15-11-13(2)22-19-14(15)6-4-7-16(19)24(26)27/h3-8,11H,9-10H2,1-2H3,(H,20,22)(H,21,23,25). The van der Waals surface area contributed by atoms with Gasteiger partial charge in [-0.1, -0.05) is 18.2 Å². The highest BCUT2D eigenvalue weighted by atomic mass is 16.6. The second-order valence-corrected chi connectivity index (χ2v) is 6.13. The Labute approximate surface area is 155 Å². The predicted molar refractivity (Wildman–Crippen MR) is 104 cm³/mol. The highest BCUT2D eigenvalue weighted by Crippen LogP contribution is 2.29. The summed E-state index contributed by atoms with van der Waals surface area (Å²) in [5.74, 6) is 0.350. The summed E-state index contributed by atoms with van der Waals surface area (Å²) in [7, 11) is 0. The highest BCUT2D eigenvalue weighted by molar-refractivity contribution is 5.97. The number of aromatic nitrogens is 2. The van der Waals surface area contributed by atoms with Crippen LogP contribution < -0.4 is 10.6 Å². The first kappa shape index (κ1) is 18.2. The number of hydrogen-bond donors (Lipinski definition) is 2. The van der Waals surface area contributed by atoms with Crippen LogP contribution in [0.3, 0.4) is 0 Å². The number of para-hydroxylation sites is 1. The van der Waals surface area contributed by atoms with Crippen LogP contribution in [0.15, 0.2) is 42.5 Å². The molecule has 2 N–H and O–H groups in total. The van der Waals surface area contributed by atoms with E-state index in [1.165, 1.54) is 6.07 Å². The number of fused-ring (bicyclic) bond motifs is 1. The van der Waals surface area contributed by atoms with Crippen LogP contribution in [-0.4, -0.2) is 27.3 Å². The minimum Gasteiger partial charge on any atom is -0.384 e. The number of carbonyl (C=O) groups is 1. The van der Waals surface area contributed by atoms with Crippen molar-refractivity contribution in [2.45, 2.75) is 20.3 Å². The molecule has 2 aromatic heterocycles. The molecule has 8 nitrogen and oxygen atoms in total. The summed E-state index contributed by atoms with van der Waals surface area (Å²) in [6, 6.07) is 12.1. The van der Waals surface area contributed by atoms with E-state index in [1.54, 1.807) is 25.1 Å².